The molecule has 0 bridgehead atoms. The van der Waals surface area contributed by atoms with Crippen molar-refractivity contribution in [2.75, 3.05) is 6.54 Å². The van der Waals surface area contributed by atoms with Gasteiger partial charge in [-0.15, -0.1) is 0 Å². The molecular formula is C15H24N2O4. The molecule has 2 aliphatic rings. The molecule has 2 fully saturated rings. The van der Waals surface area contributed by atoms with E-state index in [0.29, 0.717) is 13.0 Å². The van der Waals surface area contributed by atoms with Gasteiger partial charge in [-0.05, 0) is 31.1 Å². The summed E-state index contributed by atoms with van der Waals surface area (Å²) in [6, 6.07) is -0.346. The molecule has 1 aliphatic carbocycles. The third kappa shape index (κ3) is 3.61. The Morgan fingerprint density at radius 3 is 2.71 bits per heavy atom. The molecule has 1 heterocycles. The van der Waals surface area contributed by atoms with Crippen molar-refractivity contribution in [3.8, 4) is 0 Å². The average Bonchev–Trinajstić information content (AvgIpc) is 3.13. The topological polar surface area (TPSA) is 86.7 Å². The van der Waals surface area contributed by atoms with E-state index in [2.05, 4.69) is 0 Å². The van der Waals surface area contributed by atoms with Crippen LogP contribution in [0.25, 0.3) is 0 Å². The van der Waals surface area contributed by atoms with Crippen LogP contribution < -0.4 is 5.48 Å². The number of rotatable bonds is 7. The van der Waals surface area contributed by atoms with Gasteiger partial charge in [0.15, 0.2) is 0 Å². The van der Waals surface area contributed by atoms with Gasteiger partial charge < -0.3 is 9.69 Å². The number of aldehydes is 1. The van der Waals surface area contributed by atoms with Gasteiger partial charge in [-0.3, -0.25) is 14.8 Å². The number of hydroxylamine groups is 1. The van der Waals surface area contributed by atoms with Gasteiger partial charge in [-0.25, -0.2) is 5.48 Å². The molecule has 6 heteroatoms. The van der Waals surface area contributed by atoms with E-state index < -0.39 is 11.8 Å². The second kappa shape index (κ2) is 6.56. The molecule has 2 N–H and O–H groups in total. The van der Waals surface area contributed by atoms with Crippen LogP contribution >= 0.6 is 0 Å². The van der Waals surface area contributed by atoms with Crippen molar-refractivity contribution in [3.63, 3.8) is 0 Å². The molecular weight excluding hydrogens is 272 g/mol. The lowest BCUT2D eigenvalue weighted by Crippen LogP contribution is -2.42. The molecule has 1 spiro atoms. The zero-order valence-corrected chi connectivity index (χ0v) is 12.5. The van der Waals surface area contributed by atoms with E-state index in [1.165, 1.54) is 0 Å². The summed E-state index contributed by atoms with van der Waals surface area (Å²) >= 11 is 0. The van der Waals surface area contributed by atoms with Crippen molar-refractivity contribution in [3.05, 3.63) is 0 Å². The molecule has 1 saturated carbocycles. The Kier molecular flexibility index (Phi) is 4.98. The Bertz CT molecular complexity index is 420. The summed E-state index contributed by atoms with van der Waals surface area (Å²) in [5.74, 6) is -1.12. The van der Waals surface area contributed by atoms with Crippen molar-refractivity contribution < 1.29 is 19.6 Å². The lowest BCUT2D eigenvalue weighted by molar-refractivity contribution is -0.142. The molecule has 2 amide bonds. The molecule has 1 aliphatic heterocycles. The number of nitrogens with one attached hydrogen (secondary N) is 1. The van der Waals surface area contributed by atoms with Gasteiger partial charge in [-0.1, -0.05) is 19.8 Å². The highest BCUT2D eigenvalue weighted by Gasteiger charge is 2.53. The minimum Gasteiger partial charge on any atom is -0.332 e. The molecule has 0 aromatic carbocycles. The van der Waals surface area contributed by atoms with Crippen LogP contribution in [0.2, 0.25) is 0 Å². The predicted molar refractivity (Wildman–Crippen MR) is 75.4 cm³/mol. The minimum atomic E-state index is -0.549. The average molecular weight is 296 g/mol. The second-order valence-corrected chi connectivity index (χ2v) is 6.45. The molecule has 0 aromatic rings. The van der Waals surface area contributed by atoms with Gasteiger partial charge in [0.25, 0.3) is 0 Å². The maximum Gasteiger partial charge on any atom is 0.244 e. The van der Waals surface area contributed by atoms with E-state index in [1.807, 2.05) is 6.92 Å². The number of unbranched alkanes of at least 4 members (excludes halogenated alkanes) is 1. The van der Waals surface area contributed by atoms with Crippen LogP contribution in [0, 0.1) is 11.3 Å². The van der Waals surface area contributed by atoms with E-state index in [1.54, 1.807) is 10.4 Å². The molecule has 2 rings (SSSR count). The quantitative estimate of drug-likeness (QED) is 0.421. The fraction of sp³-hybridized carbons (Fsp3) is 0.800. The van der Waals surface area contributed by atoms with Crippen molar-refractivity contribution in [1.29, 1.82) is 0 Å². The number of hydrogen-bond donors (Lipinski definition) is 2. The molecule has 2 unspecified atom stereocenters. The molecule has 0 radical (unpaired) electrons. The van der Waals surface area contributed by atoms with Gasteiger partial charge >= 0.3 is 0 Å². The second-order valence-electron chi connectivity index (χ2n) is 6.45. The largest absolute Gasteiger partial charge is 0.332 e. The van der Waals surface area contributed by atoms with Gasteiger partial charge in [0, 0.05) is 18.9 Å². The summed E-state index contributed by atoms with van der Waals surface area (Å²) in [7, 11) is 0. The first-order chi connectivity index (χ1) is 10.0. The third-order valence-corrected chi connectivity index (χ3v) is 4.76. The third-order valence-electron chi connectivity index (χ3n) is 4.76. The van der Waals surface area contributed by atoms with E-state index in [-0.39, 0.29) is 23.8 Å². The van der Waals surface area contributed by atoms with E-state index in [4.69, 9.17) is 5.21 Å². The zero-order valence-electron chi connectivity index (χ0n) is 12.5. The lowest BCUT2D eigenvalue weighted by Gasteiger charge is -2.26. The van der Waals surface area contributed by atoms with Gasteiger partial charge in [0.05, 0.1) is 6.04 Å². The van der Waals surface area contributed by atoms with Gasteiger partial charge in [-0.2, -0.15) is 0 Å². The van der Waals surface area contributed by atoms with Crippen molar-refractivity contribution >= 4 is 18.1 Å². The maximum atomic E-state index is 12.7. The summed E-state index contributed by atoms with van der Waals surface area (Å²) in [6.07, 6.45) is 6.15. The standard InChI is InChI=1S/C15H24N2O4/c1-2-3-4-11(7-13(19)16-21)14(20)17-10-15(5-6-15)8-12(17)9-18/h9,11-12,21H,2-8,10H2,1H3,(H,16,19). The molecule has 21 heavy (non-hydrogen) atoms. The summed E-state index contributed by atoms with van der Waals surface area (Å²) in [5, 5.41) is 8.67. The summed E-state index contributed by atoms with van der Waals surface area (Å²) in [4.78, 5) is 37.0. The van der Waals surface area contributed by atoms with Crippen LogP contribution in [0.5, 0.6) is 0 Å². The Morgan fingerprint density at radius 2 is 2.19 bits per heavy atom. The van der Waals surface area contributed by atoms with Crippen LogP contribution in [-0.4, -0.2) is 40.8 Å². The first-order valence-electron chi connectivity index (χ1n) is 7.74. The number of nitrogens with zero attached hydrogens (tertiary/aromatic N) is 1. The molecule has 118 valence electrons. The minimum absolute atomic E-state index is 0.0234. The molecule has 1 saturated heterocycles. The fourth-order valence-electron chi connectivity index (χ4n) is 3.27. The van der Waals surface area contributed by atoms with E-state index >= 15 is 0 Å². The number of carbonyl (C=O) groups excluding carboxylic acids is 3. The van der Waals surface area contributed by atoms with Crippen LogP contribution in [0.3, 0.4) is 0 Å². The number of carbonyl (C=O) groups is 3. The summed E-state index contributed by atoms with van der Waals surface area (Å²) in [5.41, 5.74) is 1.75. The maximum absolute atomic E-state index is 12.7. The van der Waals surface area contributed by atoms with Crippen molar-refractivity contribution in [2.24, 2.45) is 11.3 Å². The smallest absolute Gasteiger partial charge is 0.244 e. The van der Waals surface area contributed by atoms with Gasteiger partial charge in [0.2, 0.25) is 11.8 Å². The zero-order chi connectivity index (χ0) is 15.5. The van der Waals surface area contributed by atoms with Crippen LogP contribution in [0.4, 0.5) is 0 Å². The highest BCUT2D eigenvalue weighted by atomic mass is 16.5. The van der Waals surface area contributed by atoms with Crippen LogP contribution in [-0.2, 0) is 14.4 Å². The predicted octanol–water partition coefficient (Wildman–Crippen LogP) is 1.27. The number of likely N-dealkylation sites (tertiary alicyclic amines) is 1. The summed E-state index contributed by atoms with van der Waals surface area (Å²) < 4.78 is 0. The Morgan fingerprint density at radius 1 is 1.48 bits per heavy atom. The molecule has 6 nitrogen and oxygen atoms in total. The van der Waals surface area contributed by atoms with Gasteiger partial charge in [0.1, 0.15) is 6.29 Å². The lowest BCUT2D eigenvalue weighted by atomic mass is 9.96. The summed E-state index contributed by atoms with van der Waals surface area (Å²) in [6.45, 7) is 2.66. The fourth-order valence-corrected chi connectivity index (χ4v) is 3.27. The number of hydrogen-bond acceptors (Lipinski definition) is 4. The normalized spacial score (nSPS) is 23.9. The van der Waals surface area contributed by atoms with E-state index in [0.717, 1.165) is 38.4 Å². The highest BCUT2D eigenvalue weighted by Crippen LogP contribution is 2.54. The van der Waals surface area contributed by atoms with E-state index in [9.17, 15) is 14.4 Å². The SMILES string of the molecule is CCCCC(CC(=O)NO)C(=O)N1CC2(CC2)CC1C=O. The highest BCUT2D eigenvalue weighted by molar-refractivity contribution is 5.87. The van der Waals surface area contributed by atoms with Crippen molar-refractivity contribution in [2.45, 2.75) is 57.9 Å². The molecule has 2 atom stereocenters. The molecule has 0 aromatic heterocycles. The monoisotopic (exact) mass is 296 g/mol. The first kappa shape index (κ1) is 15.9. The Hall–Kier alpha value is -1.43. The Labute approximate surface area is 124 Å². The number of amides is 2. The Balaban J connectivity index is 2.05. The van der Waals surface area contributed by atoms with Crippen molar-refractivity contribution in [1.82, 2.24) is 10.4 Å². The van der Waals surface area contributed by atoms with Crippen LogP contribution in [0.1, 0.15) is 51.9 Å². The van der Waals surface area contributed by atoms with Crippen LogP contribution in [0.15, 0.2) is 0 Å². The first-order valence-corrected chi connectivity index (χ1v) is 7.74.